The van der Waals surface area contributed by atoms with Crippen molar-refractivity contribution in [2.24, 2.45) is 5.92 Å². The highest BCUT2D eigenvalue weighted by Crippen LogP contribution is 2.25. The van der Waals surface area contributed by atoms with Crippen LogP contribution in [-0.2, 0) is 22.6 Å². The summed E-state index contributed by atoms with van der Waals surface area (Å²) in [7, 11) is 0. The largest absolute Gasteiger partial charge is 0.480 e. The Bertz CT molecular complexity index is 498. The number of amides is 1. The van der Waals surface area contributed by atoms with Gasteiger partial charge in [-0.05, 0) is 17.5 Å². The predicted molar refractivity (Wildman–Crippen MR) is 71.6 cm³/mol. The van der Waals surface area contributed by atoms with Crippen LogP contribution in [0.25, 0.3) is 0 Å². The number of benzene rings is 1. The molecule has 0 aliphatic carbocycles. The molecular formula is C15H19NO3. The van der Waals surface area contributed by atoms with Crippen molar-refractivity contribution in [3.8, 4) is 0 Å². The highest BCUT2D eigenvalue weighted by molar-refractivity contribution is 5.85. The molecule has 0 saturated carbocycles. The van der Waals surface area contributed by atoms with E-state index in [0.717, 1.165) is 17.5 Å². The number of aliphatic carboxylic acids is 1. The molecule has 1 aliphatic heterocycles. The van der Waals surface area contributed by atoms with E-state index >= 15 is 0 Å². The summed E-state index contributed by atoms with van der Waals surface area (Å²) < 4.78 is 0. The lowest BCUT2D eigenvalue weighted by molar-refractivity contribution is -0.153. The zero-order chi connectivity index (χ0) is 14.0. The van der Waals surface area contributed by atoms with Gasteiger partial charge in [0.05, 0.1) is 0 Å². The average Bonchev–Trinajstić information content (AvgIpc) is 2.44. The molecule has 2 atom stereocenters. The minimum Gasteiger partial charge on any atom is -0.480 e. The predicted octanol–water partition coefficient (Wildman–Crippen LogP) is 2.07. The summed E-state index contributed by atoms with van der Waals surface area (Å²) in [6.45, 7) is 4.19. The number of rotatable bonds is 3. The molecule has 1 heterocycles. The van der Waals surface area contributed by atoms with Crippen LogP contribution >= 0.6 is 0 Å². The first-order chi connectivity index (χ1) is 9.04. The van der Waals surface area contributed by atoms with E-state index in [1.165, 1.54) is 4.90 Å². The molecule has 0 saturated heterocycles. The van der Waals surface area contributed by atoms with Crippen molar-refractivity contribution in [1.82, 2.24) is 4.90 Å². The van der Waals surface area contributed by atoms with Gasteiger partial charge in [0.1, 0.15) is 6.04 Å². The van der Waals surface area contributed by atoms with Gasteiger partial charge in [0.2, 0.25) is 5.91 Å². The molecular weight excluding hydrogens is 242 g/mol. The Hall–Kier alpha value is -1.84. The van der Waals surface area contributed by atoms with E-state index in [2.05, 4.69) is 0 Å². The Morgan fingerprint density at radius 1 is 1.37 bits per heavy atom. The van der Waals surface area contributed by atoms with Crippen molar-refractivity contribution in [2.45, 2.75) is 39.3 Å². The maximum atomic E-state index is 12.3. The lowest BCUT2D eigenvalue weighted by Crippen LogP contribution is -2.50. The molecule has 1 aliphatic rings. The van der Waals surface area contributed by atoms with Crippen LogP contribution in [0.1, 0.15) is 31.4 Å². The second kappa shape index (κ2) is 5.43. The fourth-order valence-electron chi connectivity index (χ4n) is 2.43. The van der Waals surface area contributed by atoms with E-state index in [0.29, 0.717) is 13.0 Å². The Morgan fingerprint density at radius 2 is 2.00 bits per heavy atom. The molecule has 19 heavy (non-hydrogen) atoms. The first-order valence-electron chi connectivity index (χ1n) is 6.64. The van der Waals surface area contributed by atoms with E-state index in [9.17, 15) is 14.7 Å². The van der Waals surface area contributed by atoms with Crippen molar-refractivity contribution in [2.75, 3.05) is 0 Å². The Morgan fingerprint density at radius 3 is 2.58 bits per heavy atom. The molecule has 0 radical (unpaired) electrons. The Labute approximate surface area is 113 Å². The van der Waals surface area contributed by atoms with E-state index < -0.39 is 12.0 Å². The van der Waals surface area contributed by atoms with Crippen molar-refractivity contribution in [1.29, 1.82) is 0 Å². The van der Waals surface area contributed by atoms with Crippen molar-refractivity contribution < 1.29 is 14.7 Å². The second-order valence-electron chi connectivity index (χ2n) is 5.10. The first kappa shape index (κ1) is 13.6. The Kier molecular flexibility index (Phi) is 3.88. The number of fused-ring (bicyclic) bond motifs is 1. The number of carboxylic acids is 1. The molecule has 1 amide bonds. The van der Waals surface area contributed by atoms with Gasteiger partial charge < -0.3 is 10.0 Å². The summed E-state index contributed by atoms with van der Waals surface area (Å²) in [4.78, 5) is 25.2. The second-order valence-corrected chi connectivity index (χ2v) is 5.10. The fourth-order valence-corrected chi connectivity index (χ4v) is 2.43. The van der Waals surface area contributed by atoms with Crippen LogP contribution in [0.15, 0.2) is 24.3 Å². The first-order valence-corrected chi connectivity index (χ1v) is 6.64. The third kappa shape index (κ3) is 2.62. The minimum absolute atomic E-state index is 0.0654. The van der Waals surface area contributed by atoms with E-state index in [1.54, 1.807) is 0 Å². The van der Waals surface area contributed by atoms with Crippen LogP contribution in [0.2, 0.25) is 0 Å². The van der Waals surface area contributed by atoms with Crippen LogP contribution in [0.5, 0.6) is 0 Å². The summed E-state index contributed by atoms with van der Waals surface area (Å²) >= 11 is 0. The van der Waals surface area contributed by atoms with Gasteiger partial charge in [-0.15, -0.1) is 0 Å². The lowest BCUT2D eigenvalue weighted by atomic mass is 9.92. The van der Waals surface area contributed by atoms with E-state index in [4.69, 9.17) is 0 Å². The standard InChI is InChI=1S/C15H19NO3/c1-3-10(2)14(17)16-9-12-7-5-4-6-11(12)8-13(16)15(18)19/h4-7,10,13H,3,8-9H2,1-2H3,(H,18,19)/t10-,13-/m0/s1. The van der Waals surface area contributed by atoms with Crippen molar-refractivity contribution >= 4 is 11.9 Å². The molecule has 2 rings (SSSR count). The molecule has 4 nitrogen and oxygen atoms in total. The number of nitrogens with zero attached hydrogens (tertiary/aromatic N) is 1. The smallest absolute Gasteiger partial charge is 0.326 e. The zero-order valence-corrected chi connectivity index (χ0v) is 11.3. The van der Waals surface area contributed by atoms with Crippen LogP contribution in [-0.4, -0.2) is 27.9 Å². The fraction of sp³-hybridized carbons (Fsp3) is 0.467. The molecule has 4 heteroatoms. The van der Waals surface area contributed by atoms with Gasteiger partial charge in [-0.25, -0.2) is 4.79 Å². The maximum absolute atomic E-state index is 12.3. The highest BCUT2D eigenvalue weighted by Gasteiger charge is 2.35. The Balaban J connectivity index is 2.31. The van der Waals surface area contributed by atoms with Gasteiger partial charge in [-0.1, -0.05) is 38.1 Å². The number of hydrogen-bond acceptors (Lipinski definition) is 2. The third-order valence-electron chi connectivity index (χ3n) is 3.85. The summed E-state index contributed by atoms with van der Waals surface area (Å²) in [6.07, 6.45) is 1.12. The summed E-state index contributed by atoms with van der Waals surface area (Å²) in [5.74, 6) is -1.12. The molecule has 1 N–H and O–H groups in total. The SMILES string of the molecule is CC[C@H](C)C(=O)N1Cc2ccccc2C[C@H]1C(=O)O. The monoisotopic (exact) mass is 261 g/mol. The van der Waals surface area contributed by atoms with E-state index in [1.807, 2.05) is 38.1 Å². The third-order valence-corrected chi connectivity index (χ3v) is 3.85. The van der Waals surface area contributed by atoms with Gasteiger partial charge in [-0.3, -0.25) is 4.79 Å². The number of carbonyl (C=O) groups is 2. The number of hydrogen-bond donors (Lipinski definition) is 1. The summed E-state index contributed by atoms with van der Waals surface area (Å²) in [5.41, 5.74) is 2.08. The topological polar surface area (TPSA) is 57.6 Å². The number of carboxylic acid groups (broad SMARTS) is 1. The molecule has 0 spiro atoms. The van der Waals surface area contributed by atoms with Crippen LogP contribution < -0.4 is 0 Å². The van der Waals surface area contributed by atoms with E-state index in [-0.39, 0.29) is 11.8 Å². The maximum Gasteiger partial charge on any atom is 0.326 e. The van der Waals surface area contributed by atoms with Crippen molar-refractivity contribution in [3.63, 3.8) is 0 Å². The van der Waals surface area contributed by atoms with Crippen molar-refractivity contribution in [3.05, 3.63) is 35.4 Å². The summed E-state index contributed by atoms with van der Waals surface area (Å²) in [6, 6.07) is 6.99. The van der Waals surface area contributed by atoms with Crippen LogP contribution in [0.3, 0.4) is 0 Å². The normalized spacial score (nSPS) is 19.7. The summed E-state index contributed by atoms with van der Waals surface area (Å²) in [5, 5.41) is 9.34. The van der Waals surface area contributed by atoms with Gasteiger partial charge in [0, 0.05) is 18.9 Å². The van der Waals surface area contributed by atoms with Gasteiger partial charge in [-0.2, -0.15) is 0 Å². The number of carbonyl (C=O) groups excluding carboxylic acids is 1. The molecule has 0 aromatic heterocycles. The highest BCUT2D eigenvalue weighted by atomic mass is 16.4. The average molecular weight is 261 g/mol. The van der Waals surface area contributed by atoms with Gasteiger partial charge >= 0.3 is 5.97 Å². The van der Waals surface area contributed by atoms with Gasteiger partial charge in [0.25, 0.3) is 0 Å². The molecule has 102 valence electrons. The zero-order valence-electron chi connectivity index (χ0n) is 11.3. The lowest BCUT2D eigenvalue weighted by Gasteiger charge is -2.35. The van der Waals surface area contributed by atoms with Gasteiger partial charge in [0.15, 0.2) is 0 Å². The molecule has 1 aromatic rings. The molecule has 1 aromatic carbocycles. The minimum atomic E-state index is -0.925. The molecule has 0 fully saturated rings. The molecule has 0 unspecified atom stereocenters. The quantitative estimate of drug-likeness (QED) is 0.906. The van der Waals surface area contributed by atoms with Crippen LogP contribution in [0.4, 0.5) is 0 Å². The van der Waals surface area contributed by atoms with Crippen LogP contribution in [0, 0.1) is 5.92 Å². The molecule has 0 bridgehead atoms.